The average molecular weight is 191 g/mol. The smallest absolute Gasteiger partial charge is 0.333 e. The fourth-order valence-corrected chi connectivity index (χ4v) is 0.710. The third-order valence-electron chi connectivity index (χ3n) is 1.23. The normalized spacial score (nSPS) is 10.5. The highest BCUT2D eigenvalue weighted by Gasteiger charge is 2.08. The average Bonchev–Trinajstić information content (AvgIpc) is 2.52. The summed E-state index contributed by atoms with van der Waals surface area (Å²) in [7, 11) is 0. The van der Waals surface area contributed by atoms with E-state index < -0.39 is 19.1 Å². The molecular formula is C6H7F2N3O2. The predicted octanol–water partition coefficient (Wildman–Crippen LogP) is 0.209. The van der Waals surface area contributed by atoms with E-state index in [1.807, 2.05) is 0 Å². The second-order valence-corrected chi connectivity index (χ2v) is 2.19. The van der Waals surface area contributed by atoms with E-state index in [-0.39, 0.29) is 5.69 Å². The van der Waals surface area contributed by atoms with Crippen LogP contribution in [0.5, 0.6) is 0 Å². The molecule has 0 atom stereocenters. The topological polar surface area (TPSA) is 67.2 Å². The summed E-state index contributed by atoms with van der Waals surface area (Å²) in [5.74, 6) is -0.672. The van der Waals surface area contributed by atoms with Gasteiger partial charge in [0.2, 0.25) is 5.91 Å². The number of aliphatic hydroxyl groups is 1. The maximum absolute atomic E-state index is 11.9. The van der Waals surface area contributed by atoms with E-state index in [4.69, 9.17) is 5.11 Å². The summed E-state index contributed by atoms with van der Waals surface area (Å²) in [5, 5.41) is 13.8. The summed E-state index contributed by atoms with van der Waals surface area (Å²) in [6, 6.07) is 0. The van der Waals surface area contributed by atoms with Gasteiger partial charge in [0.15, 0.2) is 0 Å². The molecule has 0 aliphatic rings. The lowest BCUT2D eigenvalue weighted by Gasteiger charge is -1.97. The van der Waals surface area contributed by atoms with E-state index in [0.717, 1.165) is 12.4 Å². The maximum Gasteiger partial charge on any atom is 0.333 e. The summed E-state index contributed by atoms with van der Waals surface area (Å²) in [4.78, 5) is 10.6. The van der Waals surface area contributed by atoms with Crippen molar-refractivity contribution in [3.8, 4) is 0 Å². The fourth-order valence-electron chi connectivity index (χ4n) is 0.710. The second-order valence-electron chi connectivity index (χ2n) is 2.19. The van der Waals surface area contributed by atoms with Crippen LogP contribution >= 0.6 is 0 Å². The minimum Gasteiger partial charge on any atom is -0.387 e. The van der Waals surface area contributed by atoms with Crippen LogP contribution in [0.1, 0.15) is 6.55 Å². The van der Waals surface area contributed by atoms with Gasteiger partial charge in [-0.15, -0.1) is 0 Å². The van der Waals surface area contributed by atoms with Crippen LogP contribution in [-0.4, -0.2) is 27.4 Å². The zero-order valence-corrected chi connectivity index (χ0v) is 6.44. The molecule has 1 rings (SSSR count). The Morgan fingerprint density at radius 1 is 1.77 bits per heavy atom. The molecule has 0 bridgehead atoms. The van der Waals surface area contributed by atoms with Gasteiger partial charge in [0, 0.05) is 0 Å². The molecule has 1 heterocycles. The van der Waals surface area contributed by atoms with Crippen molar-refractivity contribution in [1.29, 1.82) is 0 Å². The molecule has 0 spiro atoms. The standard InChI is InChI=1S/C6H7F2N3O2/c7-6(8)11-2-4(1-9-11)10-5(13)3-12/h1-2,6,12H,3H2,(H,10,13). The number of alkyl halides is 2. The number of carbonyl (C=O) groups is 1. The molecule has 0 aliphatic heterocycles. The predicted molar refractivity (Wildman–Crippen MR) is 39.2 cm³/mol. The Morgan fingerprint density at radius 2 is 2.46 bits per heavy atom. The SMILES string of the molecule is O=C(CO)Nc1cnn(C(F)F)c1. The third-order valence-corrected chi connectivity index (χ3v) is 1.23. The van der Waals surface area contributed by atoms with Crippen LogP contribution in [0, 0.1) is 0 Å². The first-order valence-electron chi connectivity index (χ1n) is 3.36. The van der Waals surface area contributed by atoms with Crippen molar-refractivity contribution < 1.29 is 18.7 Å². The Hall–Kier alpha value is -1.50. The molecular weight excluding hydrogens is 184 g/mol. The number of aromatic nitrogens is 2. The number of anilines is 1. The molecule has 72 valence electrons. The van der Waals surface area contributed by atoms with Crippen LogP contribution in [0.25, 0.3) is 0 Å². The molecule has 5 nitrogen and oxygen atoms in total. The van der Waals surface area contributed by atoms with Gasteiger partial charge in [0.1, 0.15) is 6.61 Å². The van der Waals surface area contributed by atoms with E-state index in [0.29, 0.717) is 4.68 Å². The number of nitrogens with zero attached hydrogens (tertiary/aromatic N) is 2. The summed E-state index contributed by atoms with van der Waals surface area (Å²) < 4.78 is 24.3. The van der Waals surface area contributed by atoms with Gasteiger partial charge >= 0.3 is 6.55 Å². The van der Waals surface area contributed by atoms with Crippen molar-refractivity contribution in [1.82, 2.24) is 9.78 Å². The number of amides is 1. The molecule has 7 heteroatoms. The van der Waals surface area contributed by atoms with Crippen LogP contribution in [0.2, 0.25) is 0 Å². The van der Waals surface area contributed by atoms with Crippen molar-refractivity contribution in [3.63, 3.8) is 0 Å². The molecule has 1 aromatic rings. The number of nitrogens with one attached hydrogen (secondary N) is 1. The van der Waals surface area contributed by atoms with Gasteiger partial charge in [-0.2, -0.15) is 13.9 Å². The van der Waals surface area contributed by atoms with Gasteiger partial charge in [-0.3, -0.25) is 4.79 Å². The van der Waals surface area contributed by atoms with Crippen LogP contribution in [0.15, 0.2) is 12.4 Å². The Bertz CT molecular complexity index is 300. The highest BCUT2D eigenvalue weighted by atomic mass is 19.3. The Kier molecular flexibility index (Phi) is 2.91. The van der Waals surface area contributed by atoms with E-state index in [9.17, 15) is 13.6 Å². The summed E-state index contributed by atoms with van der Waals surface area (Å²) >= 11 is 0. The number of hydrogen-bond donors (Lipinski definition) is 2. The minimum absolute atomic E-state index is 0.124. The minimum atomic E-state index is -2.74. The number of aliphatic hydroxyl groups excluding tert-OH is 1. The molecule has 1 amide bonds. The van der Waals surface area contributed by atoms with E-state index in [2.05, 4.69) is 10.4 Å². The maximum atomic E-state index is 11.9. The summed E-state index contributed by atoms with van der Waals surface area (Å²) in [6.07, 6.45) is 2.04. The van der Waals surface area contributed by atoms with Crippen molar-refractivity contribution in [2.24, 2.45) is 0 Å². The molecule has 0 unspecified atom stereocenters. The molecule has 0 aromatic carbocycles. The fraction of sp³-hybridized carbons (Fsp3) is 0.333. The summed E-state index contributed by atoms with van der Waals surface area (Å²) in [6.45, 7) is -3.43. The molecule has 0 aliphatic carbocycles. The second kappa shape index (κ2) is 3.94. The summed E-state index contributed by atoms with van der Waals surface area (Å²) in [5.41, 5.74) is 0.124. The van der Waals surface area contributed by atoms with Gasteiger partial charge in [-0.25, -0.2) is 4.68 Å². The zero-order valence-electron chi connectivity index (χ0n) is 6.44. The van der Waals surface area contributed by atoms with Gasteiger partial charge in [0.25, 0.3) is 0 Å². The molecule has 2 N–H and O–H groups in total. The molecule has 13 heavy (non-hydrogen) atoms. The van der Waals surface area contributed by atoms with Crippen LogP contribution in [0.3, 0.4) is 0 Å². The largest absolute Gasteiger partial charge is 0.387 e. The molecule has 0 saturated carbocycles. The zero-order chi connectivity index (χ0) is 9.84. The first kappa shape index (κ1) is 9.59. The van der Waals surface area contributed by atoms with Crippen LogP contribution in [0.4, 0.5) is 14.5 Å². The lowest BCUT2D eigenvalue weighted by Crippen LogP contribution is -2.14. The van der Waals surface area contributed by atoms with Gasteiger partial charge < -0.3 is 10.4 Å². The van der Waals surface area contributed by atoms with Gasteiger partial charge in [-0.05, 0) is 0 Å². The quantitative estimate of drug-likeness (QED) is 0.717. The van der Waals surface area contributed by atoms with E-state index in [1.165, 1.54) is 0 Å². The number of halogens is 2. The Balaban J connectivity index is 2.64. The first-order chi connectivity index (χ1) is 6.13. The van der Waals surface area contributed by atoms with Gasteiger partial charge in [-0.1, -0.05) is 0 Å². The molecule has 1 aromatic heterocycles. The lowest BCUT2D eigenvalue weighted by atomic mass is 10.5. The molecule has 0 fully saturated rings. The van der Waals surface area contributed by atoms with E-state index >= 15 is 0 Å². The number of rotatable bonds is 3. The highest BCUT2D eigenvalue weighted by Crippen LogP contribution is 2.12. The monoisotopic (exact) mass is 191 g/mol. The van der Waals surface area contributed by atoms with Crippen molar-refractivity contribution in [3.05, 3.63) is 12.4 Å². The molecule has 0 saturated heterocycles. The number of carbonyl (C=O) groups excluding carboxylic acids is 1. The third kappa shape index (κ3) is 2.48. The number of hydrogen-bond acceptors (Lipinski definition) is 3. The Morgan fingerprint density at radius 3 is 2.92 bits per heavy atom. The first-order valence-corrected chi connectivity index (χ1v) is 3.36. The highest BCUT2D eigenvalue weighted by molar-refractivity contribution is 5.91. The van der Waals surface area contributed by atoms with Crippen LogP contribution < -0.4 is 5.32 Å². The van der Waals surface area contributed by atoms with Crippen molar-refractivity contribution in [2.75, 3.05) is 11.9 Å². The van der Waals surface area contributed by atoms with Crippen LogP contribution in [-0.2, 0) is 4.79 Å². The van der Waals surface area contributed by atoms with Crippen molar-refractivity contribution >= 4 is 11.6 Å². The van der Waals surface area contributed by atoms with E-state index in [1.54, 1.807) is 0 Å². The Labute approximate surface area is 72.0 Å². The lowest BCUT2D eigenvalue weighted by molar-refractivity contribution is -0.118. The van der Waals surface area contributed by atoms with Crippen molar-refractivity contribution in [2.45, 2.75) is 6.55 Å². The molecule has 0 radical (unpaired) electrons. The van der Waals surface area contributed by atoms with Gasteiger partial charge in [0.05, 0.1) is 18.1 Å².